The summed E-state index contributed by atoms with van der Waals surface area (Å²) in [4.78, 5) is 13.7. The predicted molar refractivity (Wildman–Crippen MR) is 63.2 cm³/mol. The van der Waals surface area contributed by atoms with Crippen LogP contribution in [0.1, 0.15) is 0 Å². The van der Waals surface area contributed by atoms with Crippen LogP contribution in [-0.2, 0) is 4.79 Å². The van der Waals surface area contributed by atoms with Crippen molar-refractivity contribution in [3.63, 3.8) is 0 Å². The van der Waals surface area contributed by atoms with E-state index in [0.717, 1.165) is 22.8 Å². The summed E-state index contributed by atoms with van der Waals surface area (Å²) in [6, 6.07) is 7.72. The van der Waals surface area contributed by atoms with Crippen molar-refractivity contribution in [1.29, 1.82) is 0 Å². The smallest absolute Gasteiger partial charge is 0.313 e. The van der Waals surface area contributed by atoms with Gasteiger partial charge in [-0.1, -0.05) is 23.9 Å². The van der Waals surface area contributed by atoms with Crippen molar-refractivity contribution >= 4 is 34.5 Å². The predicted octanol–water partition coefficient (Wildman–Crippen LogP) is 1.39. The quantitative estimate of drug-likeness (QED) is 0.684. The number of carboxylic acid groups (broad SMARTS) is 1. The van der Waals surface area contributed by atoms with E-state index >= 15 is 0 Å². The minimum absolute atomic E-state index is 0.0275. The highest BCUT2D eigenvalue weighted by Crippen LogP contribution is 2.22. The van der Waals surface area contributed by atoms with Crippen molar-refractivity contribution in [2.75, 3.05) is 5.75 Å². The van der Waals surface area contributed by atoms with Crippen LogP contribution >= 0.6 is 11.8 Å². The van der Waals surface area contributed by atoms with E-state index in [1.165, 1.54) is 0 Å². The van der Waals surface area contributed by atoms with Gasteiger partial charge in [-0.15, -0.1) is 10.2 Å². The maximum atomic E-state index is 10.5. The minimum Gasteiger partial charge on any atom is -0.481 e. The summed E-state index contributed by atoms with van der Waals surface area (Å²) in [7, 11) is 0. The zero-order valence-electron chi connectivity index (χ0n) is 8.62. The van der Waals surface area contributed by atoms with E-state index in [1.54, 1.807) is 0 Å². The molecule has 0 saturated carbocycles. The fourth-order valence-corrected chi connectivity index (χ4v) is 2.35. The van der Waals surface area contributed by atoms with E-state index in [0.29, 0.717) is 10.9 Å². The van der Waals surface area contributed by atoms with Gasteiger partial charge >= 0.3 is 5.97 Å². The minimum atomic E-state index is -0.869. The molecule has 3 rings (SSSR count). The number of fused-ring (bicyclic) bond motifs is 3. The number of carbonyl (C=O) groups is 1. The van der Waals surface area contributed by atoms with Gasteiger partial charge in [-0.05, 0) is 12.1 Å². The van der Waals surface area contributed by atoms with Crippen molar-refractivity contribution in [2.24, 2.45) is 0 Å². The van der Waals surface area contributed by atoms with Crippen LogP contribution in [0.3, 0.4) is 0 Å². The molecule has 0 saturated heterocycles. The van der Waals surface area contributed by atoms with Crippen LogP contribution in [0.15, 0.2) is 29.4 Å². The summed E-state index contributed by atoms with van der Waals surface area (Å²) in [5, 5.41) is 17.2. The second-order valence-corrected chi connectivity index (χ2v) is 4.41. The van der Waals surface area contributed by atoms with Gasteiger partial charge in [-0.25, -0.2) is 0 Å². The lowest BCUT2D eigenvalue weighted by Gasteiger charge is -1.95. The topological polar surface area (TPSA) is 83.3 Å². The number of hydrogen-bond acceptors (Lipinski definition) is 4. The van der Waals surface area contributed by atoms with Gasteiger partial charge in [0.05, 0.1) is 16.8 Å². The van der Waals surface area contributed by atoms with Gasteiger partial charge in [0.1, 0.15) is 0 Å². The van der Waals surface area contributed by atoms with Crippen LogP contribution in [-0.4, -0.2) is 36.4 Å². The molecular weight excluding hydrogens is 240 g/mol. The molecule has 6 nitrogen and oxygen atoms in total. The highest BCUT2D eigenvalue weighted by molar-refractivity contribution is 7.99. The van der Waals surface area contributed by atoms with Crippen LogP contribution in [0.4, 0.5) is 0 Å². The number of nitrogens with one attached hydrogen (secondary N) is 1. The lowest BCUT2D eigenvalue weighted by atomic mass is 10.3. The summed E-state index contributed by atoms with van der Waals surface area (Å²) in [5.41, 5.74) is 1.90. The van der Waals surface area contributed by atoms with Crippen LogP contribution in [0.25, 0.3) is 16.8 Å². The SMILES string of the molecule is O=C(O)CSc1nnc2[nH]c3ccccc3n12. The molecule has 1 aromatic carbocycles. The maximum Gasteiger partial charge on any atom is 0.313 e. The first-order chi connectivity index (χ1) is 8.25. The number of aromatic amines is 1. The fraction of sp³-hybridized carbons (Fsp3) is 0.100. The highest BCUT2D eigenvalue weighted by atomic mass is 32.2. The molecule has 3 aromatic rings. The molecule has 0 radical (unpaired) electrons. The normalized spacial score (nSPS) is 11.3. The van der Waals surface area contributed by atoms with Gasteiger partial charge in [0.25, 0.3) is 0 Å². The van der Waals surface area contributed by atoms with Crippen LogP contribution < -0.4 is 0 Å². The molecule has 2 aromatic heterocycles. The lowest BCUT2D eigenvalue weighted by molar-refractivity contribution is -0.133. The number of carboxylic acids is 1. The first-order valence-electron chi connectivity index (χ1n) is 4.92. The highest BCUT2D eigenvalue weighted by Gasteiger charge is 2.12. The lowest BCUT2D eigenvalue weighted by Crippen LogP contribution is -1.98. The number of rotatable bonds is 3. The largest absolute Gasteiger partial charge is 0.481 e. The second kappa shape index (κ2) is 3.77. The Labute approximate surface area is 99.7 Å². The van der Waals surface area contributed by atoms with Crippen molar-refractivity contribution in [2.45, 2.75) is 5.16 Å². The maximum absolute atomic E-state index is 10.5. The molecule has 0 spiro atoms. The Balaban J connectivity index is 2.15. The Hall–Kier alpha value is -2.02. The molecule has 0 aliphatic rings. The van der Waals surface area contributed by atoms with Gasteiger partial charge < -0.3 is 10.1 Å². The molecule has 17 heavy (non-hydrogen) atoms. The standard InChI is InChI=1S/C10H8N4O2S/c15-8(16)5-17-10-13-12-9-11-6-3-1-2-4-7(6)14(9)10/h1-4H,5H2,(H,11,12)(H,15,16). The van der Waals surface area contributed by atoms with E-state index in [2.05, 4.69) is 15.2 Å². The molecule has 0 aliphatic heterocycles. The molecule has 0 aliphatic carbocycles. The molecule has 0 atom stereocenters. The zero-order valence-corrected chi connectivity index (χ0v) is 9.44. The van der Waals surface area contributed by atoms with Crippen molar-refractivity contribution < 1.29 is 9.90 Å². The Morgan fingerprint density at radius 1 is 1.41 bits per heavy atom. The molecule has 2 N–H and O–H groups in total. The van der Waals surface area contributed by atoms with E-state index in [9.17, 15) is 4.79 Å². The molecular formula is C10H8N4O2S. The van der Waals surface area contributed by atoms with E-state index in [1.807, 2.05) is 28.7 Å². The molecule has 7 heteroatoms. The summed E-state index contributed by atoms with van der Waals surface area (Å²) in [6.45, 7) is 0. The van der Waals surface area contributed by atoms with Gasteiger partial charge in [0, 0.05) is 0 Å². The second-order valence-electron chi connectivity index (χ2n) is 3.47. The number of aliphatic carboxylic acids is 1. The number of nitrogens with zero attached hydrogens (tertiary/aromatic N) is 3. The van der Waals surface area contributed by atoms with E-state index in [4.69, 9.17) is 5.11 Å². The number of H-pyrrole nitrogens is 1. The van der Waals surface area contributed by atoms with Crippen molar-refractivity contribution in [3.8, 4) is 0 Å². The Bertz CT molecular complexity index is 703. The van der Waals surface area contributed by atoms with Gasteiger partial charge in [-0.2, -0.15) is 0 Å². The molecule has 2 heterocycles. The third kappa shape index (κ3) is 1.64. The van der Waals surface area contributed by atoms with Gasteiger partial charge in [0.2, 0.25) is 5.78 Å². The Morgan fingerprint density at radius 3 is 3.06 bits per heavy atom. The zero-order chi connectivity index (χ0) is 11.8. The molecule has 86 valence electrons. The number of hydrogen-bond donors (Lipinski definition) is 2. The Kier molecular flexibility index (Phi) is 2.25. The average molecular weight is 248 g/mol. The summed E-state index contributed by atoms with van der Waals surface area (Å²) < 4.78 is 1.82. The van der Waals surface area contributed by atoms with Crippen LogP contribution in [0.5, 0.6) is 0 Å². The molecule has 0 unspecified atom stereocenters. The molecule has 0 fully saturated rings. The molecule has 0 amide bonds. The van der Waals surface area contributed by atoms with Crippen LogP contribution in [0.2, 0.25) is 0 Å². The number of para-hydroxylation sites is 2. The monoisotopic (exact) mass is 248 g/mol. The first kappa shape index (κ1) is 10.2. The third-order valence-electron chi connectivity index (χ3n) is 2.35. The van der Waals surface area contributed by atoms with E-state index < -0.39 is 5.97 Å². The van der Waals surface area contributed by atoms with Gasteiger partial charge in [-0.3, -0.25) is 9.20 Å². The number of benzene rings is 1. The third-order valence-corrected chi connectivity index (χ3v) is 3.26. The van der Waals surface area contributed by atoms with E-state index in [-0.39, 0.29) is 5.75 Å². The number of thioether (sulfide) groups is 1. The average Bonchev–Trinajstić information content (AvgIpc) is 2.84. The number of aromatic nitrogens is 4. The van der Waals surface area contributed by atoms with Crippen molar-refractivity contribution in [1.82, 2.24) is 19.6 Å². The summed E-state index contributed by atoms with van der Waals surface area (Å²) in [6.07, 6.45) is 0. The van der Waals surface area contributed by atoms with Gasteiger partial charge in [0.15, 0.2) is 5.16 Å². The first-order valence-corrected chi connectivity index (χ1v) is 5.91. The van der Waals surface area contributed by atoms with Crippen LogP contribution in [0, 0.1) is 0 Å². The summed E-state index contributed by atoms with van der Waals surface area (Å²) in [5.74, 6) is -0.272. The Morgan fingerprint density at radius 2 is 2.24 bits per heavy atom. The molecule has 0 bridgehead atoms. The number of imidazole rings is 1. The summed E-state index contributed by atoms with van der Waals surface area (Å²) >= 11 is 1.15. The van der Waals surface area contributed by atoms with Crippen molar-refractivity contribution in [3.05, 3.63) is 24.3 Å². The fourth-order valence-electron chi connectivity index (χ4n) is 1.68.